The molecule has 0 radical (unpaired) electrons. The Morgan fingerprint density at radius 1 is 1.08 bits per heavy atom. The first-order valence-corrected chi connectivity index (χ1v) is 9.61. The predicted octanol–water partition coefficient (Wildman–Crippen LogP) is 3.59. The summed E-state index contributed by atoms with van der Waals surface area (Å²) in [4.78, 5) is 1.20. The Morgan fingerprint density at radius 2 is 1.77 bits per heavy atom. The van der Waals surface area contributed by atoms with Crippen LogP contribution < -0.4 is 11.2 Å². The number of benzene rings is 1. The van der Waals surface area contributed by atoms with E-state index >= 15 is 0 Å². The van der Waals surface area contributed by atoms with Crippen molar-refractivity contribution in [3.63, 3.8) is 0 Å². The topological polar surface area (TPSA) is 58.9 Å². The van der Waals surface area contributed by atoms with Gasteiger partial charge in [0.1, 0.15) is 0 Å². The van der Waals surface area contributed by atoms with Gasteiger partial charge in [0.05, 0.1) is 0 Å². The first kappa shape index (κ1) is 22.2. The minimum atomic E-state index is 0.766. The molecular formula is C20H31N5S. The highest BCUT2D eigenvalue weighted by Crippen LogP contribution is 2.21. The van der Waals surface area contributed by atoms with Crippen molar-refractivity contribution >= 4 is 18.7 Å². The highest BCUT2D eigenvalue weighted by atomic mass is 32.2. The van der Waals surface area contributed by atoms with Gasteiger partial charge in [-0.2, -0.15) is 5.10 Å². The summed E-state index contributed by atoms with van der Waals surface area (Å²) in [6, 6.07) is 10.7. The zero-order chi connectivity index (χ0) is 19.5. The molecule has 26 heavy (non-hydrogen) atoms. The van der Waals surface area contributed by atoms with Gasteiger partial charge in [-0.3, -0.25) is 0 Å². The second-order valence-corrected chi connectivity index (χ2v) is 6.89. The van der Waals surface area contributed by atoms with Crippen molar-refractivity contribution in [2.75, 3.05) is 20.1 Å². The van der Waals surface area contributed by atoms with E-state index in [9.17, 15) is 0 Å². The fourth-order valence-electron chi connectivity index (χ4n) is 2.46. The lowest BCUT2D eigenvalue weighted by molar-refractivity contribution is 0.524. The third-order valence-electron chi connectivity index (χ3n) is 4.01. The third-order valence-corrected chi connectivity index (χ3v) is 5.24. The lowest BCUT2D eigenvalue weighted by Crippen LogP contribution is -2.21. The number of aryl methyl sites for hydroxylation is 2. The van der Waals surface area contributed by atoms with Crippen LogP contribution >= 0.6 is 11.9 Å². The van der Waals surface area contributed by atoms with Crippen LogP contribution in [0.5, 0.6) is 0 Å². The van der Waals surface area contributed by atoms with E-state index in [4.69, 9.17) is 0 Å². The maximum Gasteiger partial charge on any atom is 0.155 e. The van der Waals surface area contributed by atoms with Crippen LogP contribution in [0.25, 0.3) is 0 Å². The summed E-state index contributed by atoms with van der Waals surface area (Å²) in [5.41, 5.74) is 9.19. The minimum Gasteiger partial charge on any atom is -0.333 e. The lowest BCUT2D eigenvalue weighted by atomic mass is 10.1. The van der Waals surface area contributed by atoms with Crippen LogP contribution in [0, 0.1) is 13.8 Å². The Balaban J connectivity index is 0.00000163. The molecule has 2 rings (SSSR count). The van der Waals surface area contributed by atoms with Gasteiger partial charge in [0, 0.05) is 37.4 Å². The van der Waals surface area contributed by atoms with Crippen LogP contribution in [-0.4, -0.2) is 35.7 Å². The van der Waals surface area contributed by atoms with E-state index < -0.39 is 0 Å². The maximum absolute atomic E-state index is 4.50. The molecule has 1 aromatic heterocycles. The van der Waals surface area contributed by atoms with Gasteiger partial charge >= 0.3 is 0 Å². The first-order valence-electron chi connectivity index (χ1n) is 8.84. The van der Waals surface area contributed by atoms with Crippen LogP contribution in [0.1, 0.15) is 30.5 Å². The number of hydrogen-bond acceptors (Lipinski definition) is 5. The number of nitrogens with two attached hydrogens (primary N) is 1. The average Bonchev–Trinajstić information content (AvgIpc) is 2.66. The van der Waals surface area contributed by atoms with Gasteiger partial charge in [0.25, 0.3) is 0 Å². The molecule has 0 amide bonds. The van der Waals surface area contributed by atoms with Crippen LogP contribution in [-0.2, 0) is 6.54 Å². The van der Waals surface area contributed by atoms with E-state index in [0.717, 1.165) is 25.1 Å². The molecule has 142 valence electrons. The molecule has 0 bridgehead atoms. The molecule has 0 aliphatic rings. The normalized spacial score (nSPS) is 11.3. The Labute approximate surface area is 161 Å². The van der Waals surface area contributed by atoms with Crippen molar-refractivity contribution < 1.29 is 0 Å². The standard InChI is InChI=1S/C19H26N4S.CH5N/c1-6-23(7-2)24-18-10-11-19(21-20-5)22(14-18)13-17-9-8-15(3)16(4)12-17;1-2/h8-12,14H,5-7,13H2,1-4H3;2H2,1H3/b21-19-;. The predicted molar refractivity (Wildman–Crippen MR) is 113 cm³/mol. The maximum atomic E-state index is 4.50. The van der Waals surface area contributed by atoms with E-state index in [2.05, 4.69) is 89.7 Å². The smallest absolute Gasteiger partial charge is 0.155 e. The quantitative estimate of drug-likeness (QED) is 0.458. The Kier molecular flexibility index (Phi) is 9.95. The van der Waals surface area contributed by atoms with Gasteiger partial charge in [0.2, 0.25) is 0 Å². The van der Waals surface area contributed by atoms with Crippen LogP contribution in [0.4, 0.5) is 0 Å². The van der Waals surface area contributed by atoms with Crippen LogP contribution in [0.2, 0.25) is 0 Å². The molecule has 2 aromatic rings. The van der Waals surface area contributed by atoms with Crippen molar-refractivity contribution in [3.05, 3.63) is 58.7 Å². The Bertz CT molecular complexity index is 763. The van der Waals surface area contributed by atoms with Crippen molar-refractivity contribution in [2.45, 2.75) is 39.1 Å². The molecule has 0 fully saturated rings. The average molecular weight is 374 g/mol. The van der Waals surface area contributed by atoms with E-state index in [1.54, 1.807) is 11.9 Å². The molecule has 0 unspecified atom stereocenters. The number of aromatic nitrogens is 1. The first-order chi connectivity index (χ1) is 12.6. The highest BCUT2D eigenvalue weighted by molar-refractivity contribution is 7.97. The van der Waals surface area contributed by atoms with Crippen molar-refractivity contribution in [1.82, 2.24) is 8.87 Å². The summed E-state index contributed by atoms with van der Waals surface area (Å²) >= 11 is 1.77. The highest BCUT2D eigenvalue weighted by Gasteiger charge is 2.05. The van der Waals surface area contributed by atoms with E-state index in [1.807, 2.05) is 6.07 Å². The summed E-state index contributed by atoms with van der Waals surface area (Å²) in [6.07, 6.45) is 2.14. The molecular weight excluding hydrogens is 342 g/mol. The molecule has 0 spiro atoms. The number of hydrogen-bond donors (Lipinski definition) is 1. The third kappa shape index (κ3) is 6.44. The second kappa shape index (κ2) is 11.7. The van der Waals surface area contributed by atoms with Gasteiger partial charge < -0.3 is 10.3 Å². The van der Waals surface area contributed by atoms with Crippen LogP contribution in [0.3, 0.4) is 0 Å². The zero-order valence-electron chi connectivity index (χ0n) is 16.6. The second-order valence-electron chi connectivity index (χ2n) is 5.72. The van der Waals surface area contributed by atoms with E-state index in [-0.39, 0.29) is 0 Å². The zero-order valence-corrected chi connectivity index (χ0v) is 17.4. The van der Waals surface area contributed by atoms with Crippen molar-refractivity contribution in [3.8, 4) is 0 Å². The molecule has 1 heterocycles. The fraction of sp³-hybridized carbons (Fsp3) is 0.400. The van der Waals surface area contributed by atoms with Gasteiger partial charge in [-0.1, -0.05) is 32.0 Å². The van der Waals surface area contributed by atoms with Gasteiger partial charge in [0.15, 0.2) is 5.49 Å². The number of nitrogens with zero attached hydrogens (tertiary/aromatic N) is 4. The molecule has 0 aliphatic heterocycles. The van der Waals surface area contributed by atoms with Gasteiger partial charge in [-0.05, 0) is 61.7 Å². The molecule has 5 nitrogen and oxygen atoms in total. The minimum absolute atomic E-state index is 0.766. The summed E-state index contributed by atoms with van der Waals surface area (Å²) in [5, 5.41) is 7.86. The SMILES string of the molecule is C=N/N=c1/ccc(SN(CC)CC)cn1Cc1ccc(C)c(C)c1.CN. The van der Waals surface area contributed by atoms with E-state index in [0.29, 0.717) is 0 Å². The Hall–Kier alpha value is -1.89. The van der Waals surface area contributed by atoms with E-state index in [1.165, 1.54) is 28.6 Å². The van der Waals surface area contributed by atoms with Crippen LogP contribution in [0.15, 0.2) is 51.6 Å². The van der Waals surface area contributed by atoms with Crippen molar-refractivity contribution in [2.24, 2.45) is 15.9 Å². The summed E-state index contributed by atoms with van der Waals surface area (Å²) in [6.45, 7) is 14.9. The van der Waals surface area contributed by atoms with Gasteiger partial charge in [-0.25, -0.2) is 4.31 Å². The van der Waals surface area contributed by atoms with Gasteiger partial charge in [-0.15, -0.1) is 5.10 Å². The fourth-order valence-corrected chi connectivity index (χ4v) is 3.32. The molecule has 1 aromatic carbocycles. The van der Waals surface area contributed by atoms with Crippen molar-refractivity contribution in [1.29, 1.82) is 0 Å². The largest absolute Gasteiger partial charge is 0.333 e. The lowest BCUT2D eigenvalue weighted by Gasteiger charge is -2.17. The summed E-state index contributed by atoms with van der Waals surface area (Å²) in [5.74, 6) is 0. The molecule has 6 heteroatoms. The number of pyridine rings is 1. The Morgan fingerprint density at radius 3 is 2.35 bits per heavy atom. The molecule has 0 atom stereocenters. The summed E-state index contributed by atoms with van der Waals surface area (Å²) < 4.78 is 4.45. The molecule has 2 N–H and O–H groups in total. The monoisotopic (exact) mass is 373 g/mol. The molecule has 0 saturated heterocycles. The number of rotatable bonds is 7. The molecule has 0 saturated carbocycles. The molecule has 0 aliphatic carbocycles. The summed E-state index contributed by atoms with van der Waals surface area (Å²) in [7, 11) is 1.50.